The quantitative estimate of drug-likeness (QED) is 0.240. The molecule has 1 aliphatic heterocycles. The number of Topliss-reactive ketones (excluding diaryl/α,β-unsaturated/α-hetero) is 1. The summed E-state index contributed by atoms with van der Waals surface area (Å²) in [6.07, 6.45) is 0. The molecular formula is C27H22N2O4S. The second-order valence-corrected chi connectivity index (χ2v) is 9.24. The lowest BCUT2D eigenvalue weighted by molar-refractivity contribution is -0.132. The van der Waals surface area contributed by atoms with Crippen molar-refractivity contribution in [3.63, 3.8) is 0 Å². The van der Waals surface area contributed by atoms with Gasteiger partial charge in [0, 0.05) is 5.56 Å². The van der Waals surface area contributed by atoms with E-state index in [1.807, 2.05) is 62.4 Å². The molecule has 1 atom stereocenters. The summed E-state index contributed by atoms with van der Waals surface area (Å²) in [4.78, 5) is 32.7. The first-order valence-corrected chi connectivity index (χ1v) is 11.6. The van der Waals surface area contributed by atoms with Gasteiger partial charge in [0.15, 0.2) is 5.13 Å². The van der Waals surface area contributed by atoms with Crippen molar-refractivity contribution in [1.29, 1.82) is 0 Å². The van der Waals surface area contributed by atoms with Gasteiger partial charge in [0.1, 0.15) is 11.5 Å². The maximum atomic E-state index is 13.3. The second kappa shape index (κ2) is 8.43. The molecule has 0 radical (unpaired) electrons. The zero-order valence-corrected chi connectivity index (χ0v) is 19.7. The summed E-state index contributed by atoms with van der Waals surface area (Å²) < 4.78 is 6.24. The Balaban J connectivity index is 1.71. The number of nitrogens with zero attached hydrogens (tertiary/aromatic N) is 2. The first-order chi connectivity index (χ1) is 16.4. The van der Waals surface area contributed by atoms with Crippen molar-refractivity contribution in [3.8, 4) is 5.75 Å². The number of ether oxygens (including phenoxy) is 1. The monoisotopic (exact) mass is 470 g/mol. The summed E-state index contributed by atoms with van der Waals surface area (Å²) >= 11 is 1.35. The number of hydrogen-bond acceptors (Lipinski definition) is 6. The van der Waals surface area contributed by atoms with Crippen LogP contribution in [0.2, 0.25) is 0 Å². The number of hydrogen-bond donors (Lipinski definition) is 1. The van der Waals surface area contributed by atoms with Gasteiger partial charge in [-0.1, -0.05) is 47.7 Å². The first kappa shape index (κ1) is 21.9. The van der Waals surface area contributed by atoms with E-state index in [1.165, 1.54) is 16.2 Å². The Morgan fingerprint density at radius 2 is 1.79 bits per heavy atom. The fraction of sp³-hybridized carbons (Fsp3) is 0.148. The molecule has 7 heteroatoms. The second-order valence-electron chi connectivity index (χ2n) is 8.23. The molecule has 34 heavy (non-hydrogen) atoms. The Hall–Kier alpha value is -3.97. The number of carbonyl (C=O) groups is 2. The molecule has 3 aromatic carbocycles. The lowest BCUT2D eigenvalue weighted by Gasteiger charge is -2.23. The Bertz CT molecular complexity index is 1470. The number of methoxy groups -OCH3 is 1. The number of aryl methyl sites for hydroxylation is 2. The molecule has 4 aromatic rings. The smallest absolute Gasteiger partial charge is 0.301 e. The minimum absolute atomic E-state index is 0.0382. The van der Waals surface area contributed by atoms with E-state index >= 15 is 0 Å². The van der Waals surface area contributed by atoms with E-state index in [1.54, 1.807) is 25.3 Å². The highest BCUT2D eigenvalue weighted by atomic mass is 32.1. The van der Waals surface area contributed by atoms with E-state index in [2.05, 4.69) is 4.98 Å². The van der Waals surface area contributed by atoms with Crippen LogP contribution in [-0.4, -0.2) is 28.9 Å². The average Bonchev–Trinajstić information content (AvgIpc) is 3.37. The number of aromatic nitrogens is 1. The van der Waals surface area contributed by atoms with E-state index in [4.69, 9.17) is 4.74 Å². The lowest BCUT2D eigenvalue weighted by atomic mass is 9.95. The Morgan fingerprint density at radius 3 is 2.50 bits per heavy atom. The number of rotatable bonds is 4. The number of amides is 1. The fourth-order valence-corrected chi connectivity index (χ4v) is 5.37. The molecule has 6 nitrogen and oxygen atoms in total. The van der Waals surface area contributed by atoms with E-state index in [9.17, 15) is 14.7 Å². The van der Waals surface area contributed by atoms with E-state index < -0.39 is 17.7 Å². The van der Waals surface area contributed by atoms with Crippen LogP contribution >= 0.6 is 11.3 Å². The van der Waals surface area contributed by atoms with Crippen LogP contribution in [-0.2, 0) is 9.59 Å². The third-order valence-electron chi connectivity index (χ3n) is 5.97. The van der Waals surface area contributed by atoms with Crippen LogP contribution in [0.15, 0.2) is 72.3 Å². The van der Waals surface area contributed by atoms with E-state index in [0.29, 0.717) is 22.0 Å². The average molecular weight is 471 g/mol. The molecule has 1 aromatic heterocycles. The number of anilines is 1. The molecule has 0 aliphatic carbocycles. The molecule has 0 bridgehead atoms. The number of ketones is 1. The standard InChI is InChI=1S/C27H22N2O4S/c1-15-9-11-19-21(13-15)34-27(28-19)29-23(17-7-5-4-6-8-17)22(25(31)26(29)32)24(30)18-10-12-20(33-3)16(2)14-18/h4-14,23,30H,1-3H3/b24-22+. The fourth-order valence-electron chi connectivity index (χ4n) is 4.28. The minimum Gasteiger partial charge on any atom is -0.507 e. The summed E-state index contributed by atoms with van der Waals surface area (Å²) in [7, 11) is 1.57. The van der Waals surface area contributed by atoms with Crippen LogP contribution in [0.3, 0.4) is 0 Å². The molecule has 1 amide bonds. The first-order valence-electron chi connectivity index (χ1n) is 10.8. The molecule has 1 unspecified atom stereocenters. The molecule has 0 spiro atoms. The largest absolute Gasteiger partial charge is 0.507 e. The minimum atomic E-state index is -0.801. The molecule has 0 saturated carbocycles. The number of benzene rings is 3. The maximum absolute atomic E-state index is 13.3. The Kier molecular flexibility index (Phi) is 5.42. The highest BCUT2D eigenvalue weighted by molar-refractivity contribution is 7.22. The van der Waals surface area contributed by atoms with Crippen LogP contribution in [0.1, 0.15) is 28.3 Å². The van der Waals surface area contributed by atoms with Crippen molar-refractivity contribution in [1.82, 2.24) is 4.98 Å². The van der Waals surface area contributed by atoms with Gasteiger partial charge in [0.05, 0.1) is 28.9 Å². The SMILES string of the molecule is COc1ccc(/C(O)=C2\C(=O)C(=O)N(c3nc4ccc(C)cc4s3)C2c2ccccc2)cc1C. The molecule has 1 N–H and O–H groups in total. The van der Waals surface area contributed by atoms with Crippen molar-refractivity contribution >= 4 is 44.1 Å². The van der Waals surface area contributed by atoms with Gasteiger partial charge in [0.2, 0.25) is 0 Å². The van der Waals surface area contributed by atoms with E-state index in [-0.39, 0.29) is 11.3 Å². The van der Waals surface area contributed by atoms with Crippen LogP contribution < -0.4 is 9.64 Å². The lowest BCUT2D eigenvalue weighted by Crippen LogP contribution is -2.29. The van der Waals surface area contributed by atoms with Gasteiger partial charge in [-0.05, 0) is 60.9 Å². The van der Waals surface area contributed by atoms with Gasteiger partial charge in [0.25, 0.3) is 5.78 Å². The van der Waals surface area contributed by atoms with Crippen LogP contribution in [0.5, 0.6) is 5.75 Å². The summed E-state index contributed by atoms with van der Waals surface area (Å²) in [5.41, 5.74) is 3.83. The van der Waals surface area contributed by atoms with Gasteiger partial charge >= 0.3 is 5.91 Å². The summed E-state index contributed by atoms with van der Waals surface area (Å²) in [5, 5.41) is 11.7. The highest BCUT2D eigenvalue weighted by Crippen LogP contribution is 2.44. The Morgan fingerprint density at radius 1 is 1.03 bits per heavy atom. The molecule has 5 rings (SSSR count). The molecule has 1 fully saturated rings. The van der Waals surface area contributed by atoms with Gasteiger partial charge in [-0.2, -0.15) is 0 Å². The predicted molar refractivity (Wildman–Crippen MR) is 133 cm³/mol. The zero-order valence-electron chi connectivity index (χ0n) is 18.9. The Labute approximate surface area is 200 Å². The summed E-state index contributed by atoms with van der Waals surface area (Å²) in [6.45, 7) is 3.85. The van der Waals surface area contributed by atoms with Crippen LogP contribution in [0.25, 0.3) is 16.0 Å². The molecule has 2 heterocycles. The number of carbonyl (C=O) groups excluding carboxylic acids is 2. The third-order valence-corrected chi connectivity index (χ3v) is 6.98. The topological polar surface area (TPSA) is 79.7 Å². The molecule has 170 valence electrons. The zero-order chi connectivity index (χ0) is 24.0. The van der Waals surface area contributed by atoms with Crippen molar-refractivity contribution in [2.45, 2.75) is 19.9 Å². The predicted octanol–water partition coefficient (Wildman–Crippen LogP) is 5.55. The van der Waals surface area contributed by atoms with Gasteiger partial charge in [-0.3, -0.25) is 14.5 Å². The molecular weight excluding hydrogens is 448 g/mol. The molecule has 1 aliphatic rings. The number of aliphatic hydroxyl groups is 1. The highest BCUT2D eigenvalue weighted by Gasteiger charge is 2.48. The van der Waals surface area contributed by atoms with Crippen molar-refractivity contribution in [2.24, 2.45) is 0 Å². The maximum Gasteiger partial charge on any atom is 0.301 e. The van der Waals surface area contributed by atoms with E-state index in [0.717, 1.165) is 21.3 Å². The number of aliphatic hydroxyl groups excluding tert-OH is 1. The summed E-state index contributed by atoms with van der Waals surface area (Å²) in [6, 6.07) is 19.4. The van der Waals surface area contributed by atoms with Crippen molar-refractivity contribution < 1.29 is 19.4 Å². The van der Waals surface area contributed by atoms with Crippen molar-refractivity contribution in [3.05, 3.63) is 94.6 Å². The van der Waals surface area contributed by atoms with Crippen LogP contribution in [0.4, 0.5) is 5.13 Å². The summed E-state index contributed by atoms with van der Waals surface area (Å²) in [5.74, 6) is -1.01. The van der Waals surface area contributed by atoms with Gasteiger partial charge in [-0.25, -0.2) is 4.98 Å². The van der Waals surface area contributed by atoms with Gasteiger partial charge < -0.3 is 9.84 Å². The number of fused-ring (bicyclic) bond motifs is 1. The molecule has 1 saturated heterocycles. The number of thiazole rings is 1. The van der Waals surface area contributed by atoms with Crippen molar-refractivity contribution in [2.75, 3.05) is 12.0 Å². The van der Waals surface area contributed by atoms with Crippen LogP contribution in [0, 0.1) is 13.8 Å². The normalized spacial score (nSPS) is 17.5. The van der Waals surface area contributed by atoms with Gasteiger partial charge in [-0.15, -0.1) is 0 Å². The third kappa shape index (κ3) is 3.54.